The average molecular weight is 508 g/mol. The highest BCUT2D eigenvalue weighted by Gasteiger charge is 2.44. The van der Waals surface area contributed by atoms with Crippen LogP contribution in [0.15, 0.2) is 43.0 Å². The van der Waals surface area contributed by atoms with Crippen molar-refractivity contribution in [3.05, 3.63) is 59.8 Å². The van der Waals surface area contributed by atoms with Crippen molar-refractivity contribution in [3.8, 4) is 0 Å². The Bertz CT molecular complexity index is 1160. The van der Waals surface area contributed by atoms with Crippen LogP contribution in [-0.2, 0) is 21.7 Å². The quantitative estimate of drug-likeness (QED) is 0.499. The molecule has 0 radical (unpaired) electrons. The average Bonchev–Trinajstić information content (AvgIpc) is 3.41. The highest BCUT2D eigenvalue weighted by Crippen LogP contribution is 2.40. The zero-order valence-corrected chi connectivity index (χ0v) is 22.1. The number of aromatic amines is 1. The number of carbonyl (C=O) groups is 3. The van der Waals surface area contributed by atoms with Gasteiger partial charge in [-0.25, -0.2) is 4.79 Å². The smallest absolute Gasteiger partial charge is 0.319 e. The van der Waals surface area contributed by atoms with Crippen LogP contribution in [0.4, 0.5) is 10.6 Å². The fourth-order valence-electron chi connectivity index (χ4n) is 5.20. The fourth-order valence-corrected chi connectivity index (χ4v) is 5.20. The number of hydrogen-bond donors (Lipinski definition) is 3. The number of nitrogens with one attached hydrogen (secondary N) is 3. The molecule has 3 N–H and O–H groups in total. The number of benzene rings is 1. The first-order chi connectivity index (χ1) is 17.6. The maximum Gasteiger partial charge on any atom is 0.319 e. The minimum atomic E-state index is -0.646. The molecule has 4 amide bonds. The second kappa shape index (κ2) is 10.8. The first kappa shape index (κ1) is 26.4. The molecule has 0 saturated carbocycles. The number of fused-ring (bicyclic) bond motifs is 1. The highest BCUT2D eigenvalue weighted by molar-refractivity contribution is 5.94. The molecule has 2 aliphatic heterocycles. The van der Waals surface area contributed by atoms with E-state index in [1.807, 2.05) is 63.2 Å². The van der Waals surface area contributed by atoms with Crippen LogP contribution in [0.2, 0.25) is 0 Å². The number of nitrogens with zero attached hydrogens (tertiary/aromatic N) is 4. The number of rotatable bonds is 7. The van der Waals surface area contributed by atoms with Crippen molar-refractivity contribution in [2.24, 2.45) is 5.92 Å². The molecular weight excluding hydrogens is 470 g/mol. The van der Waals surface area contributed by atoms with Gasteiger partial charge >= 0.3 is 6.03 Å². The number of likely N-dealkylation sites (tertiary alicyclic amines) is 1. The topological polar surface area (TPSA) is 114 Å². The molecule has 0 spiro atoms. The minimum Gasteiger partial charge on any atom is -0.338 e. The van der Waals surface area contributed by atoms with E-state index in [2.05, 4.69) is 27.4 Å². The molecule has 4 rings (SSSR count). The third-order valence-electron chi connectivity index (χ3n) is 7.28. The van der Waals surface area contributed by atoms with E-state index in [9.17, 15) is 14.4 Å². The molecule has 2 atom stereocenters. The summed E-state index contributed by atoms with van der Waals surface area (Å²) in [5.41, 5.74) is 1.99. The first-order valence-electron chi connectivity index (χ1n) is 12.7. The Balaban J connectivity index is 1.47. The van der Waals surface area contributed by atoms with Crippen LogP contribution in [0.5, 0.6) is 0 Å². The molecule has 10 nitrogen and oxygen atoms in total. The summed E-state index contributed by atoms with van der Waals surface area (Å²) in [7, 11) is 3.96. The third-order valence-corrected chi connectivity index (χ3v) is 7.28. The van der Waals surface area contributed by atoms with Crippen LogP contribution in [0.1, 0.15) is 49.6 Å². The van der Waals surface area contributed by atoms with Gasteiger partial charge in [-0.3, -0.25) is 14.7 Å². The lowest BCUT2D eigenvalue weighted by atomic mass is 9.97. The van der Waals surface area contributed by atoms with Gasteiger partial charge in [-0.15, -0.1) is 0 Å². The van der Waals surface area contributed by atoms with E-state index in [4.69, 9.17) is 0 Å². The van der Waals surface area contributed by atoms with Gasteiger partial charge in [0, 0.05) is 25.2 Å². The highest BCUT2D eigenvalue weighted by atomic mass is 16.2. The third kappa shape index (κ3) is 5.53. The van der Waals surface area contributed by atoms with E-state index in [0.717, 1.165) is 23.2 Å². The van der Waals surface area contributed by atoms with Crippen molar-refractivity contribution in [3.63, 3.8) is 0 Å². The van der Waals surface area contributed by atoms with Crippen LogP contribution >= 0.6 is 0 Å². The SMILES string of the molecule is C=CC(=O)N1CCC[C@@H](C(=O)Nc2n[nH]c3c2CN(C(=O)N[C@H](CN(C)C)c2ccccc2)C3(C)C)C1. The molecule has 37 heavy (non-hydrogen) atoms. The Morgan fingerprint density at radius 2 is 2.00 bits per heavy atom. The van der Waals surface area contributed by atoms with Gasteiger partial charge in [0.2, 0.25) is 11.8 Å². The molecule has 1 aromatic heterocycles. The van der Waals surface area contributed by atoms with Crippen molar-refractivity contribution in [2.45, 2.75) is 44.8 Å². The lowest BCUT2D eigenvalue weighted by Crippen LogP contribution is -2.48. The Hall–Kier alpha value is -3.66. The standard InChI is InChI=1S/C27H37N7O3/c1-6-22(35)33-14-10-13-19(15-33)25(36)29-24-20-16-34(27(2,3)23(20)30-31-24)26(37)28-21(17-32(4)5)18-11-8-7-9-12-18/h6-9,11-12,19,21H,1,10,13-17H2,2-5H3,(H,28,37)(H2,29,30,31,36)/t19-,21-/m1/s1. The van der Waals surface area contributed by atoms with Gasteiger partial charge in [0.1, 0.15) is 0 Å². The summed E-state index contributed by atoms with van der Waals surface area (Å²) in [6.45, 7) is 9.43. The maximum atomic E-state index is 13.5. The summed E-state index contributed by atoms with van der Waals surface area (Å²) in [6, 6.07) is 9.55. The van der Waals surface area contributed by atoms with Crippen molar-refractivity contribution in [2.75, 3.05) is 39.0 Å². The van der Waals surface area contributed by atoms with Crippen molar-refractivity contribution >= 4 is 23.7 Å². The van der Waals surface area contributed by atoms with Gasteiger partial charge in [0.15, 0.2) is 5.82 Å². The summed E-state index contributed by atoms with van der Waals surface area (Å²) in [5.74, 6) is -0.226. The number of likely N-dealkylation sites (N-methyl/N-ethyl adjacent to an activating group) is 1. The van der Waals surface area contributed by atoms with E-state index < -0.39 is 5.54 Å². The number of hydrogen-bond acceptors (Lipinski definition) is 5. The molecule has 0 unspecified atom stereocenters. The molecule has 1 aromatic carbocycles. The maximum absolute atomic E-state index is 13.5. The van der Waals surface area contributed by atoms with E-state index in [-0.39, 0.29) is 29.8 Å². The van der Waals surface area contributed by atoms with Gasteiger partial charge in [-0.2, -0.15) is 5.10 Å². The van der Waals surface area contributed by atoms with Gasteiger partial charge in [0.25, 0.3) is 0 Å². The molecule has 3 heterocycles. The second-order valence-corrected chi connectivity index (χ2v) is 10.6. The first-order valence-corrected chi connectivity index (χ1v) is 12.7. The van der Waals surface area contributed by atoms with Crippen LogP contribution in [0.25, 0.3) is 0 Å². The molecular formula is C27H37N7O3. The molecule has 1 saturated heterocycles. The minimum absolute atomic E-state index is 0.162. The molecule has 0 bridgehead atoms. The summed E-state index contributed by atoms with van der Waals surface area (Å²) in [5, 5.41) is 13.6. The van der Waals surface area contributed by atoms with E-state index in [1.165, 1.54) is 6.08 Å². The van der Waals surface area contributed by atoms with Crippen LogP contribution < -0.4 is 10.6 Å². The second-order valence-electron chi connectivity index (χ2n) is 10.6. The van der Waals surface area contributed by atoms with E-state index in [1.54, 1.807) is 9.80 Å². The van der Waals surface area contributed by atoms with Gasteiger partial charge in [-0.1, -0.05) is 36.9 Å². The molecule has 2 aromatic rings. The lowest BCUT2D eigenvalue weighted by molar-refractivity contribution is -0.130. The predicted octanol–water partition coefficient (Wildman–Crippen LogP) is 2.84. The summed E-state index contributed by atoms with van der Waals surface area (Å²) < 4.78 is 0. The number of anilines is 1. The number of amides is 4. The fraction of sp³-hybridized carbons (Fsp3) is 0.481. The van der Waals surface area contributed by atoms with Crippen LogP contribution in [0.3, 0.4) is 0 Å². The molecule has 1 fully saturated rings. The number of piperidine rings is 1. The van der Waals surface area contributed by atoms with Crippen molar-refractivity contribution < 1.29 is 14.4 Å². The molecule has 198 valence electrons. The molecule has 0 aliphatic carbocycles. The normalized spacial score (nSPS) is 19.3. The number of H-pyrrole nitrogens is 1. The zero-order valence-electron chi connectivity index (χ0n) is 22.1. The van der Waals surface area contributed by atoms with Crippen molar-refractivity contribution in [1.82, 2.24) is 30.2 Å². The number of aromatic nitrogens is 2. The van der Waals surface area contributed by atoms with Gasteiger partial charge in [-0.05, 0) is 52.4 Å². The lowest BCUT2D eigenvalue weighted by Gasteiger charge is -2.34. The number of carbonyl (C=O) groups excluding carboxylic acids is 3. The zero-order chi connectivity index (χ0) is 26.7. The van der Waals surface area contributed by atoms with Crippen molar-refractivity contribution in [1.29, 1.82) is 0 Å². The summed E-state index contributed by atoms with van der Waals surface area (Å²) in [4.78, 5) is 44.1. The summed E-state index contributed by atoms with van der Waals surface area (Å²) >= 11 is 0. The Morgan fingerprint density at radius 3 is 2.68 bits per heavy atom. The molecule has 2 aliphatic rings. The van der Waals surface area contributed by atoms with E-state index in [0.29, 0.717) is 38.4 Å². The predicted molar refractivity (Wildman–Crippen MR) is 142 cm³/mol. The number of urea groups is 1. The van der Waals surface area contributed by atoms with Crippen LogP contribution in [-0.4, -0.2) is 76.5 Å². The monoisotopic (exact) mass is 507 g/mol. The largest absolute Gasteiger partial charge is 0.338 e. The Kier molecular flexibility index (Phi) is 7.68. The van der Waals surface area contributed by atoms with E-state index >= 15 is 0 Å². The van der Waals surface area contributed by atoms with Gasteiger partial charge < -0.3 is 25.3 Å². The van der Waals surface area contributed by atoms with Crippen LogP contribution in [0, 0.1) is 5.92 Å². The Labute approximate surface area is 218 Å². The molecule has 10 heteroatoms. The summed E-state index contributed by atoms with van der Waals surface area (Å²) in [6.07, 6.45) is 2.74. The van der Waals surface area contributed by atoms with Gasteiger partial charge in [0.05, 0.1) is 29.7 Å². The Morgan fingerprint density at radius 1 is 1.27 bits per heavy atom.